The second-order valence-electron chi connectivity index (χ2n) is 6.47. The highest BCUT2D eigenvalue weighted by Gasteiger charge is 2.07. The molecule has 148 valence electrons. The van der Waals surface area contributed by atoms with Crippen molar-refractivity contribution < 1.29 is 0 Å². The zero-order valence-corrected chi connectivity index (χ0v) is 17.7. The Kier molecular flexibility index (Phi) is 6.32. The molecule has 0 radical (unpaired) electrons. The molecule has 0 unspecified atom stereocenters. The summed E-state index contributed by atoms with van der Waals surface area (Å²) in [4.78, 5) is 5.72. The fourth-order valence-corrected chi connectivity index (χ4v) is 3.95. The maximum atomic E-state index is 6.03. The van der Waals surface area contributed by atoms with Gasteiger partial charge in [-0.15, -0.1) is 17.9 Å². The number of allylic oxidation sites excluding steroid dienone is 1. The van der Waals surface area contributed by atoms with E-state index in [9.17, 15) is 0 Å². The van der Waals surface area contributed by atoms with Crippen molar-refractivity contribution in [1.29, 1.82) is 0 Å². The van der Waals surface area contributed by atoms with E-state index in [1.807, 2.05) is 84.9 Å². The van der Waals surface area contributed by atoms with Crippen LogP contribution in [-0.2, 0) is 6.54 Å². The van der Waals surface area contributed by atoms with Crippen LogP contribution >= 0.6 is 22.9 Å². The first-order valence-electron chi connectivity index (χ1n) is 9.40. The molecule has 4 rings (SSSR count). The van der Waals surface area contributed by atoms with E-state index in [2.05, 4.69) is 26.8 Å². The fourth-order valence-electron chi connectivity index (χ4n) is 2.89. The SMILES string of the molecule is C=CCn1c(-c2ccc(Cl)cc2)csc1=Nc1ccc(N=Nc2ccccc2)cc1. The third kappa shape index (κ3) is 4.82. The third-order valence-electron chi connectivity index (χ3n) is 4.36. The summed E-state index contributed by atoms with van der Waals surface area (Å²) in [5, 5.41) is 11.3. The Bertz CT molecular complexity index is 1220. The first-order valence-corrected chi connectivity index (χ1v) is 10.7. The van der Waals surface area contributed by atoms with Crippen LogP contribution in [0, 0.1) is 0 Å². The number of halogens is 1. The Labute approximate surface area is 184 Å². The van der Waals surface area contributed by atoms with Gasteiger partial charge in [0.25, 0.3) is 0 Å². The van der Waals surface area contributed by atoms with Crippen LogP contribution in [-0.4, -0.2) is 4.57 Å². The largest absolute Gasteiger partial charge is 0.313 e. The maximum absolute atomic E-state index is 6.03. The molecule has 30 heavy (non-hydrogen) atoms. The minimum Gasteiger partial charge on any atom is -0.313 e. The minimum atomic E-state index is 0.670. The summed E-state index contributed by atoms with van der Waals surface area (Å²) in [6.45, 7) is 4.56. The Balaban J connectivity index is 1.62. The van der Waals surface area contributed by atoms with Gasteiger partial charge in [0.2, 0.25) is 0 Å². The van der Waals surface area contributed by atoms with Crippen LogP contribution in [0.3, 0.4) is 0 Å². The molecule has 1 heterocycles. The van der Waals surface area contributed by atoms with E-state index in [0.717, 1.165) is 38.1 Å². The lowest BCUT2D eigenvalue weighted by molar-refractivity contribution is 0.800. The van der Waals surface area contributed by atoms with Crippen LogP contribution in [0.1, 0.15) is 0 Å². The number of rotatable bonds is 6. The summed E-state index contributed by atoms with van der Waals surface area (Å²) < 4.78 is 2.14. The molecule has 0 N–H and O–H groups in total. The Morgan fingerprint density at radius 3 is 2.13 bits per heavy atom. The summed E-state index contributed by atoms with van der Waals surface area (Å²) in [6, 6.07) is 25.2. The van der Waals surface area contributed by atoms with Crippen molar-refractivity contribution in [1.82, 2.24) is 4.57 Å². The van der Waals surface area contributed by atoms with Gasteiger partial charge in [-0.1, -0.05) is 48.0 Å². The van der Waals surface area contributed by atoms with Gasteiger partial charge in [0.05, 0.1) is 22.8 Å². The Hall–Kier alpha value is -3.28. The molecule has 0 aliphatic heterocycles. The molecule has 4 nitrogen and oxygen atoms in total. The second kappa shape index (κ2) is 9.48. The molecule has 0 saturated carbocycles. The van der Waals surface area contributed by atoms with Crippen molar-refractivity contribution in [2.75, 3.05) is 0 Å². The number of hydrogen-bond donors (Lipinski definition) is 0. The quantitative estimate of drug-likeness (QED) is 0.222. The van der Waals surface area contributed by atoms with Crippen LogP contribution in [0.15, 0.2) is 112 Å². The molecule has 3 aromatic carbocycles. The van der Waals surface area contributed by atoms with Gasteiger partial charge in [0.1, 0.15) is 0 Å². The van der Waals surface area contributed by atoms with E-state index >= 15 is 0 Å². The highest BCUT2D eigenvalue weighted by molar-refractivity contribution is 7.07. The average molecular weight is 431 g/mol. The standard InChI is InChI=1S/C24H19ClN4S/c1-2-16-29-23(18-8-10-19(25)11-9-18)17-30-24(29)26-20-12-14-22(15-13-20)28-27-21-6-4-3-5-7-21/h2-15,17H,1,16H2. The van der Waals surface area contributed by atoms with Gasteiger partial charge in [-0.2, -0.15) is 10.2 Å². The first-order chi connectivity index (χ1) is 14.7. The predicted octanol–water partition coefficient (Wildman–Crippen LogP) is 7.70. The van der Waals surface area contributed by atoms with Crippen LogP contribution < -0.4 is 4.80 Å². The Morgan fingerprint density at radius 2 is 1.47 bits per heavy atom. The molecule has 0 saturated heterocycles. The highest BCUT2D eigenvalue weighted by atomic mass is 35.5. The summed E-state index contributed by atoms with van der Waals surface area (Å²) in [5.41, 5.74) is 4.64. The predicted molar refractivity (Wildman–Crippen MR) is 125 cm³/mol. The summed E-state index contributed by atoms with van der Waals surface area (Å²) in [6.07, 6.45) is 1.87. The van der Waals surface area contributed by atoms with Crippen molar-refractivity contribution in [2.24, 2.45) is 15.2 Å². The fraction of sp³-hybridized carbons (Fsp3) is 0.0417. The highest BCUT2D eigenvalue weighted by Crippen LogP contribution is 2.24. The molecular formula is C24H19ClN4S. The van der Waals surface area contributed by atoms with E-state index in [1.54, 1.807) is 11.3 Å². The number of benzene rings is 3. The van der Waals surface area contributed by atoms with E-state index in [-0.39, 0.29) is 0 Å². The van der Waals surface area contributed by atoms with Gasteiger partial charge in [-0.05, 0) is 54.1 Å². The first kappa shape index (κ1) is 20.0. The van der Waals surface area contributed by atoms with Crippen molar-refractivity contribution in [3.63, 3.8) is 0 Å². The maximum Gasteiger partial charge on any atom is 0.190 e. The molecule has 0 fully saturated rings. The molecule has 6 heteroatoms. The zero-order chi connectivity index (χ0) is 20.8. The number of aromatic nitrogens is 1. The van der Waals surface area contributed by atoms with Gasteiger partial charge in [0, 0.05) is 16.9 Å². The lowest BCUT2D eigenvalue weighted by Gasteiger charge is -2.06. The summed E-state index contributed by atoms with van der Waals surface area (Å²) in [7, 11) is 0. The van der Waals surface area contributed by atoms with Gasteiger partial charge in [-0.3, -0.25) is 0 Å². The minimum absolute atomic E-state index is 0.670. The van der Waals surface area contributed by atoms with Gasteiger partial charge in [-0.25, -0.2) is 4.99 Å². The molecule has 4 aromatic rings. The normalized spacial score (nSPS) is 11.8. The van der Waals surface area contributed by atoms with Crippen molar-refractivity contribution in [3.05, 3.63) is 107 Å². The molecule has 0 bridgehead atoms. The average Bonchev–Trinajstić information content (AvgIpc) is 3.17. The van der Waals surface area contributed by atoms with Crippen LogP contribution in [0.5, 0.6) is 0 Å². The zero-order valence-electron chi connectivity index (χ0n) is 16.1. The lowest BCUT2D eigenvalue weighted by atomic mass is 10.2. The van der Waals surface area contributed by atoms with Gasteiger partial charge in [0.15, 0.2) is 4.80 Å². The number of thiazole rings is 1. The topological polar surface area (TPSA) is 42.0 Å². The van der Waals surface area contributed by atoms with Crippen molar-refractivity contribution >= 4 is 40.0 Å². The molecule has 0 aliphatic rings. The van der Waals surface area contributed by atoms with E-state index < -0.39 is 0 Å². The molecule has 0 aliphatic carbocycles. The lowest BCUT2D eigenvalue weighted by Crippen LogP contribution is -2.14. The van der Waals surface area contributed by atoms with E-state index in [0.29, 0.717) is 6.54 Å². The Morgan fingerprint density at radius 1 is 0.833 bits per heavy atom. The molecule has 0 spiro atoms. The third-order valence-corrected chi connectivity index (χ3v) is 5.48. The monoisotopic (exact) mass is 430 g/mol. The van der Waals surface area contributed by atoms with Crippen LogP contribution in [0.4, 0.5) is 17.1 Å². The summed E-state index contributed by atoms with van der Waals surface area (Å²) in [5.74, 6) is 0. The van der Waals surface area contributed by atoms with Gasteiger partial charge < -0.3 is 4.57 Å². The smallest absolute Gasteiger partial charge is 0.190 e. The van der Waals surface area contributed by atoms with Crippen molar-refractivity contribution in [3.8, 4) is 11.3 Å². The van der Waals surface area contributed by atoms with E-state index in [4.69, 9.17) is 16.6 Å². The second-order valence-corrected chi connectivity index (χ2v) is 7.75. The van der Waals surface area contributed by atoms with Crippen LogP contribution in [0.25, 0.3) is 11.3 Å². The molecular weight excluding hydrogens is 412 g/mol. The summed E-state index contributed by atoms with van der Waals surface area (Å²) >= 11 is 7.62. The van der Waals surface area contributed by atoms with Gasteiger partial charge >= 0.3 is 0 Å². The molecule has 0 atom stereocenters. The van der Waals surface area contributed by atoms with E-state index in [1.165, 1.54) is 0 Å². The number of nitrogens with zero attached hydrogens (tertiary/aromatic N) is 4. The molecule has 0 amide bonds. The molecule has 1 aromatic heterocycles. The van der Waals surface area contributed by atoms with Crippen molar-refractivity contribution in [2.45, 2.75) is 6.54 Å². The van der Waals surface area contributed by atoms with Crippen LogP contribution in [0.2, 0.25) is 5.02 Å². The number of azo groups is 1. The number of hydrogen-bond acceptors (Lipinski definition) is 4.